The number of amides is 4. The molecule has 0 aliphatic carbocycles. The van der Waals surface area contributed by atoms with Crippen LogP contribution in [0.25, 0.3) is 22.8 Å². The summed E-state index contributed by atoms with van der Waals surface area (Å²) in [6.07, 6.45) is 1.98. The van der Waals surface area contributed by atoms with Gasteiger partial charge >= 0.3 is 12.1 Å². The third kappa shape index (κ3) is 12.2. The number of likely N-dealkylation sites (N-methyl/N-ethyl adjacent to an activating group) is 2. The van der Waals surface area contributed by atoms with Crippen molar-refractivity contribution < 1.29 is 19.1 Å². The Morgan fingerprint density at radius 2 is 0.836 bits per heavy atom. The van der Waals surface area contributed by atoms with Gasteiger partial charge in [-0.25, -0.2) is 9.59 Å². The van der Waals surface area contributed by atoms with Crippen LogP contribution in [-0.4, -0.2) is 171 Å². The van der Waals surface area contributed by atoms with E-state index in [1.165, 1.54) is 10.0 Å². The second kappa shape index (κ2) is 23.1. The van der Waals surface area contributed by atoms with Crippen LogP contribution in [0.2, 0.25) is 5.02 Å². The van der Waals surface area contributed by atoms with Gasteiger partial charge in [0, 0.05) is 93.0 Å². The Morgan fingerprint density at radius 1 is 0.452 bits per heavy atom. The van der Waals surface area contributed by atoms with Gasteiger partial charge in [0.2, 0.25) is 23.8 Å². The fraction of sp³-hybridized carbons (Fsp3) is 0.385. The zero-order chi connectivity index (χ0) is 50.1. The Morgan fingerprint density at radius 3 is 1.27 bits per heavy atom. The van der Waals surface area contributed by atoms with Gasteiger partial charge in [-0.1, -0.05) is 29.8 Å². The zero-order valence-corrected chi connectivity index (χ0v) is 42.1. The van der Waals surface area contributed by atoms with Gasteiger partial charge in [0.25, 0.3) is 0 Å². The van der Waals surface area contributed by atoms with Gasteiger partial charge in [0.15, 0.2) is 11.6 Å². The molecule has 0 bridgehead atoms. The van der Waals surface area contributed by atoms with Gasteiger partial charge in [-0.3, -0.25) is 0 Å². The molecular formula is C52H61ClN16O4. The summed E-state index contributed by atoms with van der Waals surface area (Å²) in [5.41, 5.74) is 3.23. The largest absolute Gasteiger partial charge is 0.378 e. The lowest BCUT2D eigenvalue weighted by Gasteiger charge is -2.35. The second-order valence-electron chi connectivity index (χ2n) is 18.5. The Hall–Kier alpha value is -7.23. The lowest BCUT2D eigenvalue weighted by molar-refractivity contribution is 0.122. The molecule has 4 fully saturated rings. The van der Waals surface area contributed by atoms with E-state index < -0.39 is 12.1 Å². The summed E-state index contributed by atoms with van der Waals surface area (Å²) in [6, 6.07) is 29.2. The molecule has 2 N–H and O–H groups in total. The van der Waals surface area contributed by atoms with Gasteiger partial charge in [-0.15, -0.1) is 0 Å². The first kappa shape index (κ1) is 49.4. The molecule has 0 atom stereocenters. The van der Waals surface area contributed by atoms with Crippen LogP contribution in [0.15, 0.2) is 103 Å². The SMILES string of the molecule is CN1CCCN(c2nc(-c3ccc(NC(=O)N(c4ccc(Cl)cc4)N(C(=O)Nc4ccccc4)c4ccc(-c5nc(N6CCOCC6)nc(N6CCCN(C)CC6)n5)cc4)cc3)nc(N3CCOCC3)n2)CC1. The maximum Gasteiger partial charge on any atom is 0.345 e. The van der Waals surface area contributed by atoms with Crippen LogP contribution in [0.4, 0.5) is 56.1 Å². The van der Waals surface area contributed by atoms with Crippen LogP contribution in [-0.2, 0) is 9.47 Å². The van der Waals surface area contributed by atoms with Crippen molar-refractivity contribution in [3.8, 4) is 22.8 Å². The van der Waals surface area contributed by atoms with Crippen molar-refractivity contribution in [2.45, 2.75) is 12.8 Å². The van der Waals surface area contributed by atoms with E-state index >= 15 is 0 Å². The molecule has 10 rings (SSSR count). The van der Waals surface area contributed by atoms with E-state index in [1.807, 2.05) is 42.5 Å². The van der Waals surface area contributed by atoms with E-state index in [-0.39, 0.29) is 0 Å². The van der Waals surface area contributed by atoms with E-state index in [0.717, 1.165) is 70.8 Å². The van der Waals surface area contributed by atoms with Crippen molar-refractivity contribution in [1.29, 1.82) is 0 Å². The fourth-order valence-corrected chi connectivity index (χ4v) is 9.24. The van der Waals surface area contributed by atoms with Crippen LogP contribution in [0.3, 0.4) is 0 Å². The molecule has 4 aromatic carbocycles. The minimum absolute atomic E-state index is 0.374. The summed E-state index contributed by atoms with van der Waals surface area (Å²) in [5.74, 6) is 3.46. The highest BCUT2D eigenvalue weighted by atomic mass is 35.5. The van der Waals surface area contributed by atoms with Crippen LogP contribution >= 0.6 is 11.6 Å². The molecule has 21 heteroatoms. The van der Waals surface area contributed by atoms with Gasteiger partial charge in [-0.05, 0) is 125 Å². The first-order chi connectivity index (χ1) is 35.7. The molecule has 20 nitrogen and oxygen atoms in total. The minimum atomic E-state index is -0.620. The number of ether oxygens (including phenoxy) is 2. The average molecular weight is 1010 g/mol. The monoisotopic (exact) mass is 1010 g/mol. The number of hydrazine groups is 1. The summed E-state index contributed by atoms with van der Waals surface area (Å²) in [4.78, 5) is 73.0. The second-order valence-corrected chi connectivity index (χ2v) is 18.9. The number of anilines is 8. The maximum atomic E-state index is 15.0. The number of hydrogen-bond donors (Lipinski definition) is 2. The first-order valence-electron chi connectivity index (χ1n) is 25.0. The highest BCUT2D eigenvalue weighted by Crippen LogP contribution is 2.31. The average Bonchev–Trinajstić information content (AvgIpc) is 3.80. The van der Waals surface area contributed by atoms with Crippen molar-refractivity contribution in [2.75, 3.05) is 159 Å². The molecule has 73 heavy (non-hydrogen) atoms. The van der Waals surface area contributed by atoms with Gasteiger partial charge < -0.3 is 49.5 Å². The number of benzene rings is 4. The summed E-state index contributed by atoms with van der Waals surface area (Å²) < 4.78 is 11.3. The van der Waals surface area contributed by atoms with E-state index in [1.54, 1.807) is 60.7 Å². The van der Waals surface area contributed by atoms with E-state index in [9.17, 15) is 9.59 Å². The quantitative estimate of drug-likeness (QED) is 0.139. The number of aromatic nitrogens is 6. The number of urea groups is 2. The summed E-state index contributed by atoms with van der Waals surface area (Å²) in [7, 11) is 4.27. The Balaban J connectivity index is 0.973. The maximum absolute atomic E-state index is 15.0. The number of para-hydroxylation sites is 1. The molecule has 0 unspecified atom stereocenters. The smallest absolute Gasteiger partial charge is 0.345 e. The van der Waals surface area contributed by atoms with Crippen LogP contribution in [0, 0.1) is 0 Å². The van der Waals surface area contributed by atoms with Crippen molar-refractivity contribution in [1.82, 2.24) is 39.7 Å². The zero-order valence-electron chi connectivity index (χ0n) is 41.3. The fourth-order valence-electron chi connectivity index (χ4n) is 9.11. The number of halogens is 1. The number of morpholine rings is 2. The Bertz CT molecular complexity index is 2800. The molecule has 6 aromatic rings. The number of rotatable bonds is 10. The highest BCUT2D eigenvalue weighted by Gasteiger charge is 2.31. The molecule has 4 aliphatic rings. The normalized spacial score (nSPS) is 17.1. The molecule has 0 spiro atoms. The topological polar surface area (TPSA) is 180 Å². The number of nitrogens with zero attached hydrogens (tertiary/aromatic N) is 14. The first-order valence-corrected chi connectivity index (χ1v) is 25.4. The van der Waals surface area contributed by atoms with Crippen LogP contribution in [0.5, 0.6) is 0 Å². The van der Waals surface area contributed by atoms with Crippen LogP contribution in [0.1, 0.15) is 12.8 Å². The van der Waals surface area contributed by atoms with Gasteiger partial charge in [0.1, 0.15) is 0 Å². The lowest BCUT2D eigenvalue weighted by Crippen LogP contribution is -2.53. The number of hydrogen-bond acceptors (Lipinski definition) is 16. The summed E-state index contributed by atoms with van der Waals surface area (Å²) in [6.45, 7) is 12.1. The Kier molecular flexibility index (Phi) is 15.6. The van der Waals surface area contributed by atoms with E-state index in [4.69, 9.17) is 51.0 Å². The Labute approximate surface area is 430 Å². The van der Waals surface area contributed by atoms with Gasteiger partial charge in [0.05, 0.1) is 37.8 Å². The summed E-state index contributed by atoms with van der Waals surface area (Å²) in [5, 5.41) is 9.11. The van der Waals surface area contributed by atoms with Crippen molar-refractivity contribution in [3.63, 3.8) is 0 Å². The minimum Gasteiger partial charge on any atom is -0.378 e. The van der Waals surface area contributed by atoms with E-state index in [0.29, 0.717) is 121 Å². The van der Waals surface area contributed by atoms with E-state index in [2.05, 4.69) is 54.1 Å². The molecule has 2 aromatic heterocycles. The third-order valence-electron chi connectivity index (χ3n) is 13.3. The predicted octanol–water partition coefficient (Wildman–Crippen LogP) is 6.69. The molecule has 0 saturated carbocycles. The predicted molar refractivity (Wildman–Crippen MR) is 286 cm³/mol. The van der Waals surface area contributed by atoms with Crippen molar-refractivity contribution >= 4 is 70.2 Å². The van der Waals surface area contributed by atoms with Crippen molar-refractivity contribution in [3.05, 3.63) is 108 Å². The van der Waals surface area contributed by atoms with Gasteiger partial charge in [-0.2, -0.15) is 39.9 Å². The molecule has 4 aliphatic heterocycles. The molecule has 4 saturated heterocycles. The lowest BCUT2D eigenvalue weighted by atomic mass is 10.2. The van der Waals surface area contributed by atoms with Crippen molar-refractivity contribution in [2.24, 2.45) is 0 Å². The number of nitrogens with one attached hydrogen (secondary N) is 2. The number of carbonyl (C=O) groups is 2. The standard InChI is InChI=1S/C52H61ClN16O4/c1-62-22-6-24-64(28-26-62)47-56-45(58-49(60-47)66-30-34-72-35-31-66)38-10-16-42(17-11-38)55-52(71)69(44-20-14-40(53)15-21-44)68(51(70)54-41-8-4-3-5-9-41)43-18-12-39(13-19-43)46-57-48(65-25-7-23-63(2)27-29-65)61-50(59-46)67-32-36-73-37-33-67/h3-5,8-21H,6-7,22-37H2,1-2H3,(H,54,70)(H,55,71). The third-order valence-corrected chi connectivity index (χ3v) is 13.5. The molecule has 4 amide bonds. The molecule has 0 radical (unpaired) electrons. The van der Waals surface area contributed by atoms with Crippen LogP contribution < -0.4 is 40.3 Å². The highest BCUT2D eigenvalue weighted by molar-refractivity contribution is 6.30. The molecule has 380 valence electrons. The molecular weight excluding hydrogens is 948 g/mol. The summed E-state index contributed by atoms with van der Waals surface area (Å²) >= 11 is 6.42. The number of carbonyl (C=O) groups excluding carboxylic acids is 2. The molecule has 6 heterocycles.